The minimum absolute atomic E-state index is 0.0418. The molecule has 0 amide bonds. The van der Waals surface area contributed by atoms with Crippen molar-refractivity contribution in [2.45, 2.75) is 6.42 Å². The Labute approximate surface area is 138 Å². The zero-order chi connectivity index (χ0) is 16.6. The molecule has 5 nitrogen and oxygen atoms in total. The third-order valence-corrected chi connectivity index (χ3v) is 3.91. The molecule has 0 saturated heterocycles. The van der Waals surface area contributed by atoms with Crippen molar-refractivity contribution in [3.8, 4) is 11.5 Å². The number of nitrogens with zero attached hydrogens (tertiary/aromatic N) is 2. The lowest BCUT2D eigenvalue weighted by Crippen LogP contribution is -2.03. The lowest BCUT2D eigenvalue weighted by Gasteiger charge is -2.12. The number of pyridine rings is 1. The van der Waals surface area contributed by atoms with Crippen LogP contribution in [0.2, 0.25) is 0 Å². The van der Waals surface area contributed by atoms with Crippen molar-refractivity contribution in [3.63, 3.8) is 0 Å². The topological polar surface area (TPSA) is 60.0 Å². The van der Waals surface area contributed by atoms with Crippen molar-refractivity contribution in [3.05, 3.63) is 45.7 Å². The smallest absolute Gasteiger partial charge is 0.181 e. The fourth-order valence-corrected chi connectivity index (χ4v) is 2.66. The number of aromatic nitrogens is 3. The first-order valence-electron chi connectivity index (χ1n) is 6.62. The van der Waals surface area contributed by atoms with E-state index in [1.165, 1.54) is 20.3 Å². The summed E-state index contributed by atoms with van der Waals surface area (Å²) in [5, 5.41) is 7.49. The Morgan fingerprint density at radius 1 is 1.13 bits per heavy atom. The van der Waals surface area contributed by atoms with Crippen LogP contribution in [0.25, 0.3) is 11.0 Å². The number of aromatic amines is 1. The summed E-state index contributed by atoms with van der Waals surface area (Å²) in [5.74, 6) is -1.70. The maximum absolute atomic E-state index is 14.4. The molecule has 2 aromatic heterocycles. The molecular weight excluding hydrogens is 372 g/mol. The number of hydrogen-bond acceptors (Lipinski definition) is 4. The molecule has 0 aliphatic rings. The van der Waals surface area contributed by atoms with Crippen LogP contribution >= 0.6 is 15.9 Å². The monoisotopic (exact) mass is 383 g/mol. The molecule has 120 valence electrons. The van der Waals surface area contributed by atoms with Crippen LogP contribution in [0.15, 0.2) is 22.8 Å². The van der Waals surface area contributed by atoms with Gasteiger partial charge in [0.25, 0.3) is 0 Å². The highest BCUT2D eigenvalue weighted by Gasteiger charge is 2.21. The van der Waals surface area contributed by atoms with E-state index < -0.39 is 11.6 Å². The number of rotatable bonds is 4. The lowest BCUT2D eigenvalue weighted by atomic mass is 10.1. The Kier molecular flexibility index (Phi) is 4.16. The Hall–Kier alpha value is -2.22. The molecular formula is C15H12BrF2N3O2. The summed E-state index contributed by atoms with van der Waals surface area (Å²) >= 11 is 3.32. The van der Waals surface area contributed by atoms with E-state index in [1.54, 1.807) is 12.3 Å². The molecule has 0 radical (unpaired) electrons. The lowest BCUT2D eigenvalue weighted by molar-refractivity contribution is 0.354. The number of halogens is 3. The summed E-state index contributed by atoms with van der Waals surface area (Å²) in [7, 11) is 2.62. The molecule has 0 aliphatic heterocycles. The van der Waals surface area contributed by atoms with E-state index in [1.807, 2.05) is 0 Å². The second-order valence-electron chi connectivity index (χ2n) is 4.79. The normalized spacial score (nSPS) is 11.0. The van der Waals surface area contributed by atoms with Gasteiger partial charge < -0.3 is 9.47 Å². The Bertz CT molecular complexity index is 855. The number of benzene rings is 1. The third kappa shape index (κ3) is 2.74. The summed E-state index contributed by atoms with van der Waals surface area (Å²) in [6, 6.07) is 2.96. The average molecular weight is 384 g/mol. The largest absolute Gasteiger partial charge is 0.494 e. The van der Waals surface area contributed by atoms with Crippen LogP contribution in [0, 0.1) is 11.6 Å². The highest BCUT2D eigenvalue weighted by Crippen LogP contribution is 2.33. The second-order valence-corrected chi connectivity index (χ2v) is 5.71. The van der Waals surface area contributed by atoms with Gasteiger partial charge in [-0.05, 0) is 22.0 Å². The van der Waals surface area contributed by atoms with E-state index in [0.29, 0.717) is 16.7 Å². The van der Waals surface area contributed by atoms with Crippen LogP contribution in [0.5, 0.6) is 11.5 Å². The van der Waals surface area contributed by atoms with Gasteiger partial charge in [-0.15, -0.1) is 0 Å². The Morgan fingerprint density at radius 3 is 2.39 bits per heavy atom. The van der Waals surface area contributed by atoms with Gasteiger partial charge in [0.15, 0.2) is 28.8 Å². The van der Waals surface area contributed by atoms with Gasteiger partial charge in [-0.1, -0.05) is 0 Å². The number of methoxy groups -OCH3 is 2. The van der Waals surface area contributed by atoms with Crippen molar-refractivity contribution in [2.24, 2.45) is 0 Å². The molecule has 0 unspecified atom stereocenters. The first kappa shape index (κ1) is 15.7. The Morgan fingerprint density at radius 2 is 1.78 bits per heavy atom. The van der Waals surface area contributed by atoms with Crippen LogP contribution < -0.4 is 9.47 Å². The van der Waals surface area contributed by atoms with E-state index in [-0.39, 0.29) is 23.5 Å². The van der Waals surface area contributed by atoms with Gasteiger partial charge in [0.2, 0.25) is 0 Å². The summed E-state index contributed by atoms with van der Waals surface area (Å²) in [5.41, 5.74) is 0.854. The minimum Gasteiger partial charge on any atom is -0.494 e. The second kappa shape index (κ2) is 6.11. The molecule has 0 fully saturated rings. The number of hydrogen-bond donors (Lipinski definition) is 1. The number of nitrogens with one attached hydrogen (secondary N) is 1. The van der Waals surface area contributed by atoms with Gasteiger partial charge in [0.1, 0.15) is 0 Å². The SMILES string of the molecule is COc1cc(OC)c(F)c(Cc2[nH]nc3ncc(Br)cc23)c1F. The molecule has 0 bridgehead atoms. The number of H-pyrrole nitrogens is 1. The molecule has 23 heavy (non-hydrogen) atoms. The molecule has 1 N–H and O–H groups in total. The van der Waals surface area contributed by atoms with Crippen LogP contribution in [0.3, 0.4) is 0 Å². The summed E-state index contributed by atoms with van der Waals surface area (Å²) < 4.78 is 39.5. The van der Waals surface area contributed by atoms with Crippen LogP contribution in [-0.2, 0) is 6.42 Å². The zero-order valence-corrected chi connectivity index (χ0v) is 13.9. The fourth-order valence-electron chi connectivity index (χ4n) is 2.33. The van der Waals surface area contributed by atoms with Crippen LogP contribution in [0.4, 0.5) is 8.78 Å². The van der Waals surface area contributed by atoms with E-state index in [9.17, 15) is 8.78 Å². The maximum Gasteiger partial charge on any atom is 0.181 e. The van der Waals surface area contributed by atoms with Gasteiger partial charge >= 0.3 is 0 Å². The summed E-state index contributed by atoms with van der Waals surface area (Å²) in [4.78, 5) is 4.13. The van der Waals surface area contributed by atoms with Gasteiger partial charge in [-0.25, -0.2) is 13.8 Å². The van der Waals surface area contributed by atoms with E-state index in [0.717, 1.165) is 4.47 Å². The number of fused-ring (bicyclic) bond motifs is 1. The van der Waals surface area contributed by atoms with Gasteiger partial charge in [-0.2, -0.15) is 5.10 Å². The molecule has 0 spiro atoms. The fraction of sp³-hybridized carbons (Fsp3) is 0.200. The Balaban J connectivity index is 2.13. The number of ether oxygens (including phenoxy) is 2. The van der Waals surface area contributed by atoms with Crippen LogP contribution in [0.1, 0.15) is 11.3 Å². The highest BCUT2D eigenvalue weighted by atomic mass is 79.9. The summed E-state index contributed by atoms with van der Waals surface area (Å²) in [6.07, 6.45) is 1.56. The molecule has 0 aliphatic carbocycles. The van der Waals surface area contributed by atoms with Crippen molar-refractivity contribution < 1.29 is 18.3 Å². The molecule has 2 heterocycles. The van der Waals surface area contributed by atoms with Gasteiger partial charge in [0.05, 0.1) is 14.2 Å². The van der Waals surface area contributed by atoms with Crippen molar-refractivity contribution >= 4 is 27.0 Å². The van der Waals surface area contributed by atoms with Gasteiger partial charge in [-0.3, -0.25) is 5.10 Å². The molecule has 0 atom stereocenters. The molecule has 1 aromatic carbocycles. The minimum atomic E-state index is -0.767. The van der Waals surface area contributed by atoms with Crippen molar-refractivity contribution in [1.82, 2.24) is 15.2 Å². The predicted molar refractivity (Wildman–Crippen MR) is 83.9 cm³/mol. The molecule has 3 rings (SSSR count). The van der Waals surface area contributed by atoms with Crippen molar-refractivity contribution in [1.29, 1.82) is 0 Å². The van der Waals surface area contributed by atoms with E-state index in [2.05, 4.69) is 31.1 Å². The predicted octanol–water partition coefficient (Wildman–Crippen LogP) is 3.61. The zero-order valence-electron chi connectivity index (χ0n) is 12.3. The third-order valence-electron chi connectivity index (χ3n) is 3.47. The van der Waals surface area contributed by atoms with E-state index in [4.69, 9.17) is 9.47 Å². The molecule has 3 aromatic rings. The first-order valence-corrected chi connectivity index (χ1v) is 7.41. The van der Waals surface area contributed by atoms with Crippen LogP contribution in [-0.4, -0.2) is 29.4 Å². The highest BCUT2D eigenvalue weighted by molar-refractivity contribution is 9.10. The standard InChI is InChI=1S/C15H12BrF2N3O2/c1-22-11-5-12(23-2)14(18)9(13(11)17)4-10-8-3-7(16)6-19-15(8)21-20-10/h3,5-6H,4H2,1-2H3,(H,19,20,21). The maximum atomic E-state index is 14.4. The van der Waals surface area contributed by atoms with Crippen molar-refractivity contribution in [2.75, 3.05) is 14.2 Å². The van der Waals surface area contributed by atoms with E-state index >= 15 is 0 Å². The van der Waals surface area contributed by atoms with Gasteiger partial charge in [0, 0.05) is 39.8 Å². The average Bonchev–Trinajstić information content (AvgIpc) is 2.94. The summed E-state index contributed by atoms with van der Waals surface area (Å²) in [6.45, 7) is 0. The molecule has 8 heteroatoms. The quantitative estimate of drug-likeness (QED) is 0.747. The first-order chi connectivity index (χ1) is 11.0. The molecule has 0 saturated carbocycles.